The highest BCUT2D eigenvalue weighted by Gasteiger charge is 2.44. The molecule has 0 radical (unpaired) electrons. The Balaban J connectivity index is 1.76. The third-order valence-corrected chi connectivity index (χ3v) is 4.49. The highest BCUT2D eigenvalue weighted by Crippen LogP contribution is 2.38. The lowest BCUT2D eigenvalue weighted by molar-refractivity contribution is -0.385. The van der Waals surface area contributed by atoms with Crippen molar-refractivity contribution in [1.82, 2.24) is 5.32 Å². The van der Waals surface area contributed by atoms with Gasteiger partial charge in [-0.1, -0.05) is 12.1 Å². The van der Waals surface area contributed by atoms with E-state index in [0.717, 1.165) is 25.9 Å². The lowest BCUT2D eigenvalue weighted by Gasteiger charge is -2.47. The van der Waals surface area contributed by atoms with Crippen molar-refractivity contribution in [3.63, 3.8) is 0 Å². The van der Waals surface area contributed by atoms with Crippen LogP contribution in [0, 0.1) is 23.0 Å². The van der Waals surface area contributed by atoms with Crippen molar-refractivity contribution in [1.29, 1.82) is 0 Å². The van der Waals surface area contributed by atoms with E-state index in [0.29, 0.717) is 11.5 Å². The molecule has 3 atom stereocenters. The molecule has 0 spiro atoms. The number of ether oxygens (including phenoxy) is 1. The van der Waals surface area contributed by atoms with Gasteiger partial charge in [0.25, 0.3) is 11.6 Å². The number of nitro benzene ring substituents is 1. The summed E-state index contributed by atoms with van der Waals surface area (Å²) in [6.07, 6.45) is 3.11. The molecular formula is C15H18N2O4. The molecule has 0 bridgehead atoms. The summed E-state index contributed by atoms with van der Waals surface area (Å²) in [5.74, 6) is -0.000372. The number of carbonyl (C=O) groups is 1. The van der Waals surface area contributed by atoms with E-state index in [1.54, 1.807) is 19.1 Å². The molecule has 6 heteroatoms. The van der Waals surface area contributed by atoms with Crippen molar-refractivity contribution in [2.45, 2.75) is 38.3 Å². The van der Waals surface area contributed by atoms with Crippen molar-refractivity contribution in [3.8, 4) is 0 Å². The van der Waals surface area contributed by atoms with Gasteiger partial charge in [-0.05, 0) is 31.7 Å². The maximum atomic E-state index is 12.4. The van der Waals surface area contributed by atoms with E-state index in [9.17, 15) is 14.9 Å². The lowest BCUT2D eigenvalue weighted by Crippen LogP contribution is -2.57. The van der Waals surface area contributed by atoms with Crippen LogP contribution in [0.15, 0.2) is 18.2 Å². The topological polar surface area (TPSA) is 81.5 Å². The summed E-state index contributed by atoms with van der Waals surface area (Å²) in [7, 11) is 0. The summed E-state index contributed by atoms with van der Waals surface area (Å²) in [5, 5.41) is 14.0. The van der Waals surface area contributed by atoms with E-state index in [1.807, 2.05) is 0 Å². The summed E-state index contributed by atoms with van der Waals surface area (Å²) in [6, 6.07) is 4.75. The number of hydrogen-bond donors (Lipinski definition) is 1. The smallest absolute Gasteiger partial charge is 0.282 e. The molecule has 1 aromatic rings. The third-order valence-electron chi connectivity index (χ3n) is 4.49. The first-order valence-corrected chi connectivity index (χ1v) is 7.24. The standard InChI is InChI=1S/C15H18N2O4/c1-9-4-2-6-12(17(19)20)14(9)15(18)16-11-8-13-10(11)5-3-7-21-13/h2,4,6,10-11,13H,3,5,7-8H2,1H3,(H,16,18). The maximum absolute atomic E-state index is 12.4. The zero-order valence-electron chi connectivity index (χ0n) is 11.9. The van der Waals surface area contributed by atoms with Crippen molar-refractivity contribution >= 4 is 11.6 Å². The SMILES string of the molecule is Cc1cccc([N+](=O)[O-])c1C(=O)NC1CC2OCCCC12. The van der Waals surface area contributed by atoms with Crippen LogP contribution in [0.3, 0.4) is 0 Å². The minimum Gasteiger partial charge on any atom is -0.378 e. The lowest BCUT2D eigenvalue weighted by atomic mass is 9.72. The summed E-state index contributed by atoms with van der Waals surface area (Å²) >= 11 is 0. The van der Waals surface area contributed by atoms with Crippen LogP contribution in [0.1, 0.15) is 35.2 Å². The van der Waals surface area contributed by atoms with Gasteiger partial charge in [0.05, 0.1) is 11.0 Å². The Kier molecular flexibility index (Phi) is 3.63. The number of aryl methyl sites for hydroxylation is 1. The van der Waals surface area contributed by atoms with E-state index in [-0.39, 0.29) is 29.3 Å². The van der Waals surface area contributed by atoms with Gasteiger partial charge in [-0.15, -0.1) is 0 Å². The Labute approximate surface area is 122 Å². The van der Waals surface area contributed by atoms with Gasteiger partial charge in [0, 0.05) is 24.6 Å². The van der Waals surface area contributed by atoms with Crippen LogP contribution in [0.25, 0.3) is 0 Å². The third kappa shape index (κ3) is 2.51. The van der Waals surface area contributed by atoms with Crippen molar-refractivity contribution < 1.29 is 14.5 Å². The first kappa shape index (κ1) is 14.0. The molecule has 6 nitrogen and oxygen atoms in total. The zero-order valence-corrected chi connectivity index (χ0v) is 11.9. The molecule has 1 amide bonds. The van der Waals surface area contributed by atoms with Crippen LogP contribution in [-0.4, -0.2) is 29.6 Å². The van der Waals surface area contributed by atoms with E-state index < -0.39 is 4.92 Å². The Morgan fingerprint density at radius 2 is 2.29 bits per heavy atom. The normalized spacial score (nSPS) is 27.4. The average molecular weight is 290 g/mol. The summed E-state index contributed by atoms with van der Waals surface area (Å²) in [4.78, 5) is 23.0. The summed E-state index contributed by atoms with van der Waals surface area (Å²) in [5.41, 5.74) is 0.656. The van der Waals surface area contributed by atoms with Gasteiger partial charge in [-0.2, -0.15) is 0 Å². The number of benzene rings is 1. The molecule has 3 rings (SSSR count). The largest absolute Gasteiger partial charge is 0.378 e. The van der Waals surface area contributed by atoms with Crippen LogP contribution in [0.4, 0.5) is 5.69 Å². The fraction of sp³-hybridized carbons (Fsp3) is 0.533. The maximum Gasteiger partial charge on any atom is 0.282 e. The minimum absolute atomic E-state index is 0.0713. The average Bonchev–Trinajstić information content (AvgIpc) is 2.44. The molecule has 1 aliphatic carbocycles. The van der Waals surface area contributed by atoms with Gasteiger partial charge < -0.3 is 10.1 Å². The second-order valence-corrected chi connectivity index (χ2v) is 5.76. The van der Waals surface area contributed by atoms with Gasteiger partial charge in [-0.25, -0.2) is 0 Å². The first-order chi connectivity index (χ1) is 10.1. The number of nitro groups is 1. The van der Waals surface area contributed by atoms with E-state index >= 15 is 0 Å². The number of carbonyl (C=O) groups excluding carboxylic acids is 1. The second-order valence-electron chi connectivity index (χ2n) is 5.76. The van der Waals surface area contributed by atoms with Gasteiger partial charge in [-0.3, -0.25) is 14.9 Å². The quantitative estimate of drug-likeness (QED) is 0.683. The van der Waals surface area contributed by atoms with Gasteiger partial charge >= 0.3 is 0 Å². The first-order valence-electron chi connectivity index (χ1n) is 7.24. The van der Waals surface area contributed by atoms with E-state index in [2.05, 4.69) is 5.32 Å². The fourth-order valence-corrected chi connectivity index (χ4v) is 3.30. The molecule has 1 saturated heterocycles. The summed E-state index contributed by atoms with van der Waals surface area (Å²) < 4.78 is 5.62. The zero-order chi connectivity index (χ0) is 15.0. The predicted molar refractivity (Wildman–Crippen MR) is 76.2 cm³/mol. The molecule has 2 aliphatic rings. The Bertz CT molecular complexity index is 587. The van der Waals surface area contributed by atoms with E-state index in [4.69, 9.17) is 4.74 Å². The van der Waals surface area contributed by atoms with Crippen LogP contribution in [0.5, 0.6) is 0 Å². The van der Waals surface area contributed by atoms with Crippen LogP contribution < -0.4 is 5.32 Å². The van der Waals surface area contributed by atoms with E-state index in [1.165, 1.54) is 6.07 Å². The number of amides is 1. The molecule has 1 N–H and O–H groups in total. The van der Waals surface area contributed by atoms with Crippen LogP contribution in [0.2, 0.25) is 0 Å². The molecule has 1 saturated carbocycles. The van der Waals surface area contributed by atoms with Crippen molar-refractivity contribution in [2.75, 3.05) is 6.61 Å². The number of fused-ring (bicyclic) bond motifs is 1. The van der Waals surface area contributed by atoms with Gasteiger partial charge in [0.2, 0.25) is 0 Å². The van der Waals surface area contributed by atoms with Gasteiger partial charge in [0.1, 0.15) is 5.56 Å². The molecule has 1 heterocycles. The molecule has 21 heavy (non-hydrogen) atoms. The van der Waals surface area contributed by atoms with Crippen molar-refractivity contribution in [3.05, 3.63) is 39.4 Å². The van der Waals surface area contributed by atoms with Crippen LogP contribution in [-0.2, 0) is 4.74 Å². The molecule has 1 aromatic carbocycles. The van der Waals surface area contributed by atoms with Gasteiger partial charge in [0.15, 0.2) is 0 Å². The number of rotatable bonds is 3. The number of nitrogens with zero attached hydrogens (tertiary/aromatic N) is 1. The summed E-state index contributed by atoms with van der Waals surface area (Å²) in [6.45, 7) is 2.51. The Morgan fingerprint density at radius 3 is 3.00 bits per heavy atom. The molecular weight excluding hydrogens is 272 g/mol. The molecule has 0 aromatic heterocycles. The number of hydrogen-bond acceptors (Lipinski definition) is 4. The monoisotopic (exact) mass is 290 g/mol. The van der Waals surface area contributed by atoms with Crippen LogP contribution >= 0.6 is 0 Å². The Hall–Kier alpha value is -1.95. The highest BCUT2D eigenvalue weighted by atomic mass is 16.6. The number of nitrogens with one attached hydrogen (secondary N) is 1. The predicted octanol–water partition coefficient (Wildman–Crippen LogP) is 2.20. The molecule has 1 aliphatic heterocycles. The Morgan fingerprint density at radius 1 is 1.48 bits per heavy atom. The molecule has 2 fully saturated rings. The van der Waals surface area contributed by atoms with Crippen molar-refractivity contribution in [2.24, 2.45) is 5.92 Å². The molecule has 112 valence electrons. The second kappa shape index (κ2) is 5.44. The fourth-order valence-electron chi connectivity index (χ4n) is 3.30. The molecule has 3 unspecified atom stereocenters. The highest BCUT2D eigenvalue weighted by molar-refractivity contribution is 5.99. The minimum atomic E-state index is -0.505.